The molecule has 0 aromatic heterocycles. The van der Waals surface area contributed by atoms with E-state index in [1.54, 1.807) is 20.2 Å². The number of hydrogen-bond donors (Lipinski definition) is 5. The number of aliphatic hydroxyl groups excluding tert-OH is 2. The first-order valence-corrected chi connectivity index (χ1v) is 13.8. The van der Waals surface area contributed by atoms with Crippen molar-refractivity contribution in [1.82, 2.24) is 9.80 Å². The molecule has 1 aromatic rings. The van der Waals surface area contributed by atoms with Crippen LogP contribution in [0.2, 0.25) is 0 Å². The van der Waals surface area contributed by atoms with Crippen molar-refractivity contribution in [1.29, 1.82) is 0 Å². The molecule has 11 heteroatoms. The number of anilines is 1. The van der Waals surface area contributed by atoms with Crippen molar-refractivity contribution in [3.05, 3.63) is 39.7 Å². The third-order valence-corrected chi connectivity index (χ3v) is 9.96. The Morgan fingerprint density at radius 3 is 2.55 bits per heavy atom. The van der Waals surface area contributed by atoms with E-state index in [1.165, 1.54) is 4.90 Å². The van der Waals surface area contributed by atoms with Crippen molar-refractivity contribution in [2.45, 2.75) is 43.9 Å². The van der Waals surface area contributed by atoms with Crippen LogP contribution in [-0.2, 0) is 20.8 Å². The quantitative estimate of drug-likeness (QED) is 0.338. The van der Waals surface area contributed by atoms with Gasteiger partial charge in [0.1, 0.15) is 22.8 Å². The van der Waals surface area contributed by atoms with Crippen LogP contribution in [0.5, 0.6) is 5.75 Å². The summed E-state index contributed by atoms with van der Waals surface area (Å²) in [5, 5.41) is 45.6. The molecule has 0 bridgehead atoms. The average Bonchev–Trinajstić information content (AvgIpc) is 3.28. The van der Waals surface area contributed by atoms with E-state index in [-0.39, 0.29) is 29.3 Å². The minimum Gasteiger partial charge on any atom is -0.508 e. The lowest BCUT2D eigenvalue weighted by molar-refractivity contribution is -0.153. The van der Waals surface area contributed by atoms with Crippen LogP contribution in [0.4, 0.5) is 5.69 Å². The second-order valence-corrected chi connectivity index (χ2v) is 12.2. The van der Waals surface area contributed by atoms with Gasteiger partial charge in [-0.15, -0.1) is 0 Å². The SMILES string of the molecule is CCN1CCC2CN(C)c3c(cc(O)c4c3C[C@@H]3C[C@@H]5[C@H](N(C)C)C(=O)C(C(N)=O)=C(O)[C@@]5(O)C(=O)C3=C4O)C21. The number of Topliss-reactive ketones (excluding diaryl/α,β-unsaturated/α-hetero) is 2. The molecule has 2 heterocycles. The molecule has 2 fully saturated rings. The predicted octanol–water partition coefficient (Wildman–Crippen LogP) is 0.797. The largest absolute Gasteiger partial charge is 0.508 e. The van der Waals surface area contributed by atoms with Gasteiger partial charge in [-0.3, -0.25) is 24.2 Å². The molecular formula is C29H36N4O7. The number of fused-ring (bicyclic) bond motifs is 7. The summed E-state index contributed by atoms with van der Waals surface area (Å²) in [5.41, 5.74) is 4.60. The summed E-state index contributed by atoms with van der Waals surface area (Å²) >= 11 is 0. The van der Waals surface area contributed by atoms with Crippen LogP contribution in [0.25, 0.3) is 5.76 Å². The molecule has 1 saturated heterocycles. The van der Waals surface area contributed by atoms with E-state index in [1.807, 2.05) is 7.05 Å². The number of hydrogen-bond acceptors (Lipinski definition) is 10. The molecule has 40 heavy (non-hydrogen) atoms. The van der Waals surface area contributed by atoms with E-state index in [0.29, 0.717) is 12.3 Å². The molecule has 1 saturated carbocycles. The first-order valence-electron chi connectivity index (χ1n) is 13.8. The van der Waals surface area contributed by atoms with Gasteiger partial charge in [0.25, 0.3) is 5.91 Å². The number of phenols is 1. The zero-order valence-electron chi connectivity index (χ0n) is 23.1. The number of aromatic hydroxyl groups is 1. The van der Waals surface area contributed by atoms with Crippen LogP contribution >= 0.6 is 0 Å². The average molecular weight is 553 g/mol. The number of aliphatic hydroxyl groups is 3. The molecule has 5 aliphatic rings. The fraction of sp³-hybridized carbons (Fsp3) is 0.552. The topological polar surface area (TPSA) is 168 Å². The highest BCUT2D eigenvalue weighted by Gasteiger charge is 2.64. The van der Waals surface area contributed by atoms with Crippen molar-refractivity contribution in [2.75, 3.05) is 45.7 Å². The van der Waals surface area contributed by atoms with Crippen LogP contribution in [0.15, 0.2) is 23.0 Å². The smallest absolute Gasteiger partial charge is 0.255 e. The number of phenolic OH excluding ortho intramolecular Hbond substituents is 1. The summed E-state index contributed by atoms with van der Waals surface area (Å²) in [6.45, 7) is 4.78. The lowest BCUT2D eigenvalue weighted by Crippen LogP contribution is -2.65. The second kappa shape index (κ2) is 8.79. The Labute approximate surface area is 232 Å². The van der Waals surface area contributed by atoms with Gasteiger partial charge in [-0.05, 0) is 75.5 Å². The Morgan fingerprint density at radius 1 is 1.23 bits per heavy atom. The number of nitrogens with zero attached hydrogens (tertiary/aromatic N) is 3. The van der Waals surface area contributed by atoms with E-state index in [9.17, 15) is 34.8 Å². The van der Waals surface area contributed by atoms with E-state index < -0.39 is 58.0 Å². The maximum absolute atomic E-state index is 14.0. The third-order valence-electron chi connectivity index (χ3n) is 9.96. The highest BCUT2D eigenvalue weighted by atomic mass is 16.3. The van der Waals surface area contributed by atoms with Gasteiger partial charge in [0, 0.05) is 36.8 Å². The van der Waals surface area contributed by atoms with Crippen molar-refractivity contribution >= 4 is 28.9 Å². The molecule has 6 rings (SSSR count). The summed E-state index contributed by atoms with van der Waals surface area (Å²) < 4.78 is 0. The van der Waals surface area contributed by atoms with E-state index in [4.69, 9.17) is 5.73 Å². The number of likely N-dealkylation sites (tertiary alicyclic amines) is 1. The Morgan fingerprint density at radius 2 is 1.93 bits per heavy atom. The number of likely N-dealkylation sites (N-methyl/N-ethyl adjacent to an activating group) is 1. The molecule has 6 N–H and O–H groups in total. The maximum Gasteiger partial charge on any atom is 0.255 e. The van der Waals surface area contributed by atoms with Gasteiger partial charge in [-0.2, -0.15) is 0 Å². The molecule has 1 aromatic carbocycles. The summed E-state index contributed by atoms with van der Waals surface area (Å²) in [6.07, 6.45) is 1.42. The van der Waals surface area contributed by atoms with Gasteiger partial charge in [-0.1, -0.05) is 6.92 Å². The molecule has 11 nitrogen and oxygen atoms in total. The van der Waals surface area contributed by atoms with Gasteiger partial charge in [0.2, 0.25) is 5.78 Å². The van der Waals surface area contributed by atoms with Crippen molar-refractivity contribution in [3.8, 4) is 5.75 Å². The third kappa shape index (κ3) is 3.25. The van der Waals surface area contributed by atoms with Gasteiger partial charge >= 0.3 is 0 Å². The van der Waals surface area contributed by atoms with Crippen LogP contribution in [0, 0.1) is 17.8 Å². The fourth-order valence-corrected chi connectivity index (χ4v) is 8.37. The Bertz CT molecular complexity index is 1430. The highest BCUT2D eigenvalue weighted by Crippen LogP contribution is 2.56. The molecule has 1 amide bonds. The zero-order chi connectivity index (χ0) is 29.0. The number of rotatable bonds is 3. The van der Waals surface area contributed by atoms with Gasteiger partial charge < -0.3 is 31.1 Å². The normalized spacial score (nSPS) is 33.5. The Balaban J connectivity index is 1.55. The molecule has 6 atom stereocenters. The van der Waals surface area contributed by atoms with Crippen LogP contribution in [0.3, 0.4) is 0 Å². The van der Waals surface area contributed by atoms with E-state index in [2.05, 4.69) is 16.7 Å². The van der Waals surface area contributed by atoms with Crippen molar-refractivity contribution in [2.24, 2.45) is 23.5 Å². The maximum atomic E-state index is 14.0. The molecule has 0 spiro atoms. The van der Waals surface area contributed by atoms with Crippen LogP contribution in [0.1, 0.15) is 42.5 Å². The van der Waals surface area contributed by atoms with Gasteiger partial charge in [0.05, 0.1) is 11.6 Å². The number of carbonyl (C=O) groups is 3. The van der Waals surface area contributed by atoms with Gasteiger partial charge in [0.15, 0.2) is 11.4 Å². The number of carbonyl (C=O) groups excluding carboxylic acids is 3. The first kappa shape index (κ1) is 26.8. The Hall–Kier alpha value is -3.41. The minimum atomic E-state index is -2.64. The number of ketones is 2. The van der Waals surface area contributed by atoms with E-state index >= 15 is 0 Å². The van der Waals surface area contributed by atoms with Gasteiger partial charge in [-0.25, -0.2) is 0 Å². The summed E-state index contributed by atoms with van der Waals surface area (Å²) in [5.74, 6) is -5.96. The number of primary amides is 1. The predicted molar refractivity (Wildman–Crippen MR) is 146 cm³/mol. The Kier molecular flexibility index (Phi) is 5.89. The standard InChI is InChI=1S/C29H36N4O7/c1-5-33-7-6-12-11-32(4)22-14-8-13-9-16-23(31(2)3)25(36)20(28(30)39)27(38)29(16,40)26(37)18(13)24(35)19(14)17(34)10-15(22)21(12)33/h10,12-13,16,21,23,34-35,38,40H,5-9,11H2,1-4H3,(H2,30,39)/t12?,13-,16-,21?,23+,29+/m1/s1. The first-order chi connectivity index (χ1) is 18.8. The fourth-order valence-electron chi connectivity index (χ4n) is 8.37. The monoisotopic (exact) mass is 552 g/mol. The van der Waals surface area contributed by atoms with Crippen molar-refractivity contribution in [3.63, 3.8) is 0 Å². The lowest BCUT2D eigenvalue weighted by atomic mass is 9.57. The molecule has 2 unspecified atom stereocenters. The molecular weight excluding hydrogens is 516 g/mol. The van der Waals surface area contributed by atoms with E-state index in [0.717, 1.165) is 42.9 Å². The minimum absolute atomic E-state index is 0.0764. The molecule has 2 aliphatic heterocycles. The van der Waals surface area contributed by atoms with Crippen LogP contribution in [-0.4, -0.2) is 100 Å². The number of nitrogens with two attached hydrogens (primary N) is 1. The zero-order valence-corrected chi connectivity index (χ0v) is 23.1. The molecule has 3 aliphatic carbocycles. The molecule has 0 radical (unpaired) electrons. The summed E-state index contributed by atoms with van der Waals surface area (Å²) in [7, 11) is 5.18. The number of amides is 1. The molecule has 214 valence electrons. The second-order valence-electron chi connectivity index (χ2n) is 12.2. The van der Waals surface area contributed by atoms with Crippen molar-refractivity contribution < 1.29 is 34.8 Å². The summed E-state index contributed by atoms with van der Waals surface area (Å²) in [6, 6.07) is 0.721. The van der Waals surface area contributed by atoms with Crippen LogP contribution < -0.4 is 10.6 Å². The number of benzene rings is 1. The highest BCUT2D eigenvalue weighted by molar-refractivity contribution is 6.24. The lowest BCUT2D eigenvalue weighted by Gasteiger charge is -2.50. The summed E-state index contributed by atoms with van der Waals surface area (Å²) in [4.78, 5) is 45.6.